The predicted molar refractivity (Wildman–Crippen MR) is 126 cm³/mol. The molecule has 2 aromatic carbocycles. The zero-order valence-corrected chi connectivity index (χ0v) is 19.0. The molecule has 0 spiro atoms. The summed E-state index contributed by atoms with van der Waals surface area (Å²) < 4.78 is 10.6. The van der Waals surface area contributed by atoms with E-state index in [0.29, 0.717) is 60.8 Å². The Morgan fingerprint density at radius 3 is 2.58 bits per heavy atom. The summed E-state index contributed by atoms with van der Waals surface area (Å²) >= 11 is 0. The number of methoxy groups -OCH3 is 2. The van der Waals surface area contributed by atoms with Crippen LogP contribution in [-0.4, -0.2) is 72.7 Å². The second-order valence-corrected chi connectivity index (χ2v) is 7.96. The lowest BCUT2D eigenvalue weighted by atomic mass is 10.1. The minimum absolute atomic E-state index is 0.0626. The summed E-state index contributed by atoms with van der Waals surface area (Å²) in [5, 5.41) is 3.59. The first-order valence-corrected chi connectivity index (χ1v) is 11.0. The summed E-state index contributed by atoms with van der Waals surface area (Å²) in [5.41, 5.74) is 1.64. The third-order valence-electron chi connectivity index (χ3n) is 5.83. The molecule has 0 unspecified atom stereocenters. The van der Waals surface area contributed by atoms with E-state index in [1.807, 2.05) is 41.3 Å². The number of aromatic amines is 1. The van der Waals surface area contributed by atoms with Crippen LogP contribution in [0, 0.1) is 0 Å². The van der Waals surface area contributed by atoms with Crippen LogP contribution in [0.25, 0.3) is 10.9 Å². The molecule has 3 aromatic rings. The maximum Gasteiger partial charge on any atom is 0.317 e. The van der Waals surface area contributed by atoms with Gasteiger partial charge in [-0.05, 0) is 36.2 Å². The Morgan fingerprint density at radius 1 is 1.06 bits per heavy atom. The molecule has 1 aliphatic rings. The van der Waals surface area contributed by atoms with Crippen molar-refractivity contribution in [3.63, 3.8) is 0 Å². The summed E-state index contributed by atoms with van der Waals surface area (Å²) in [5.74, 6) is 2.01. The van der Waals surface area contributed by atoms with Crippen LogP contribution in [0.15, 0.2) is 47.3 Å². The molecule has 2 amide bonds. The van der Waals surface area contributed by atoms with Gasteiger partial charge in [0.15, 0.2) is 11.5 Å². The first kappa shape index (κ1) is 22.6. The van der Waals surface area contributed by atoms with E-state index in [1.165, 1.54) is 0 Å². The molecular weight excluding hydrogens is 422 g/mol. The Morgan fingerprint density at radius 2 is 1.82 bits per heavy atom. The van der Waals surface area contributed by atoms with Crippen LogP contribution in [0.2, 0.25) is 0 Å². The summed E-state index contributed by atoms with van der Waals surface area (Å²) in [7, 11) is 3.21. The second-order valence-electron chi connectivity index (χ2n) is 7.96. The van der Waals surface area contributed by atoms with E-state index in [9.17, 15) is 9.59 Å². The minimum Gasteiger partial charge on any atom is -0.493 e. The number of carbonyl (C=O) groups is 1. The standard InChI is InChI=1S/C24H29N5O4/c1-32-20-8-7-17(15-21(20)33-2)9-10-25-24(31)29-13-11-28(12-14-29)16-22-26-19-6-4-3-5-18(19)23(30)27-22/h3-8,15H,9-14,16H2,1-2H3,(H,25,31)(H,26,27,30). The molecule has 174 valence electrons. The molecule has 0 atom stereocenters. The van der Waals surface area contributed by atoms with Crippen molar-refractivity contribution < 1.29 is 14.3 Å². The molecule has 0 saturated carbocycles. The molecule has 2 N–H and O–H groups in total. The fourth-order valence-electron chi connectivity index (χ4n) is 3.99. The van der Waals surface area contributed by atoms with Crippen molar-refractivity contribution in [2.75, 3.05) is 46.9 Å². The molecule has 9 heteroatoms. The number of urea groups is 1. The van der Waals surface area contributed by atoms with Crippen molar-refractivity contribution in [2.45, 2.75) is 13.0 Å². The number of hydrogen-bond donors (Lipinski definition) is 2. The highest BCUT2D eigenvalue weighted by Gasteiger charge is 2.21. The van der Waals surface area contributed by atoms with E-state index in [1.54, 1.807) is 20.3 Å². The van der Waals surface area contributed by atoms with Crippen LogP contribution in [0.1, 0.15) is 11.4 Å². The van der Waals surface area contributed by atoms with Gasteiger partial charge in [-0.3, -0.25) is 9.69 Å². The normalized spacial score (nSPS) is 14.3. The van der Waals surface area contributed by atoms with Crippen molar-refractivity contribution in [1.82, 2.24) is 25.1 Å². The first-order valence-electron chi connectivity index (χ1n) is 11.0. The van der Waals surface area contributed by atoms with Gasteiger partial charge in [-0.2, -0.15) is 0 Å². The summed E-state index contributed by atoms with van der Waals surface area (Å²) in [6.45, 7) is 3.78. The number of benzene rings is 2. The number of nitrogens with one attached hydrogen (secondary N) is 2. The second kappa shape index (κ2) is 10.4. The number of carbonyl (C=O) groups excluding carboxylic acids is 1. The van der Waals surface area contributed by atoms with E-state index in [2.05, 4.69) is 20.2 Å². The van der Waals surface area contributed by atoms with E-state index in [-0.39, 0.29) is 11.6 Å². The lowest BCUT2D eigenvalue weighted by molar-refractivity contribution is 0.133. The van der Waals surface area contributed by atoms with E-state index < -0.39 is 0 Å². The molecule has 1 aromatic heterocycles. The van der Waals surface area contributed by atoms with E-state index in [0.717, 1.165) is 18.7 Å². The Labute approximate surface area is 192 Å². The van der Waals surface area contributed by atoms with Gasteiger partial charge in [-0.15, -0.1) is 0 Å². The average molecular weight is 452 g/mol. The van der Waals surface area contributed by atoms with Gasteiger partial charge in [-0.1, -0.05) is 18.2 Å². The van der Waals surface area contributed by atoms with Crippen LogP contribution >= 0.6 is 0 Å². The third kappa shape index (κ3) is 5.43. The lowest BCUT2D eigenvalue weighted by Gasteiger charge is -2.34. The number of piperazine rings is 1. The minimum atomic E-state index is -0.122. The number of ether oxygens (including phenoxy) is 2. The molecule has 1 aliphatic heterocycles. The molecule has 0 bridgehead atoms. The number of aromatic nitrogens is 2. The van der Waals surface area contributed by atoms with Gasteiger partial charge in [0.2, 0.25) is 0 Å². The number of nitrogens with zero attached hydrogens (tertiary/aromatic N) is 3. The third-order valence-corrected chi connectivity index (χ3v) is 5.83. The molecule has 33 heavy (non-hydrogen) atoms. The molecule has 1 saturated heterocycles. The van der Waals surface area contributed by atoms with Gasteiger partial charge < -0.3 is 24.7 Å². The largest absolute Gasteiger partial charge is 0.493 e. The van der Waals surface area contributed by atoms with Crippen molar-refractivity contribution in [3.05, 3.63) is 64.2 Å². The van der Waals surface area contributed by atoms with Crippen LogP contribution in [0.3, 0.4) is 0 Å². The molecule has 1 fully saturated rings. The highest BCUT2D eigenvalue weighted by Crippen LogP contribution is 2.27. The van der Waals surface area contributed by atoms with Gasteiger partial charge in [0.05, 0.1) is 31.7 Å². The number of hydrogen-bond acceptors (Lipinski definition) is 6. The Bertz CT molecular complexity index is 1170. The molecule has 9 nitrogen and oxygen atoms in total. The van der Waals surface area contributed by atoms with Crippen LogP contribution in [-0.2, 0) is 13.0 Å². The number of para-hydroxylation sites is 1. The molecule has 4 rings (SSSR count). The lowest BCUT2D eigenvalue weighted by Crippen LogP contribution is -2.51. The van der Waals surface area contributed by atoms with Gasteiger partial charge in [-0.25, -0.2) is 9.78 Å². The molecule has 0 aliphatic carbocycles. The fourth-order valence-corrected chi connectivity index (χ4v) is 3.99. The maximum atomic E-state index is 12.6. The van der Waals surface area contributed by atoms with Crippen LogP contribution in [0.4, 0.5) is 4.79 Å². The van der Waals surface area contributed by atoms with E-state index in [4.69, 9.17) is 9.47 Å². The Hall–Kier alpha value is -3.59. The van der Waals surface area contributed by atoms with Crippen molar-refractivity contribution in [3.8, 4) is 11.5 Å². The summed E-state index contributed by atoms with van der Waals surface area (Å²) in [6, 6.07) is 13.0. The predicted octanol–water partition coefficient (Wildman–Crippen LogP) is 2.01. The van der Waals surface area contributed by atoms with Gasteiger partial charge in [0.1, 0.15) is 5.82 Å². The fraction of sp³-hybridized carbons (Fsp3) is 0.375. The quantitative estimate of drug-likeness (QED) is 0.570. The average Bonchev–Trinajstić information content (AvgIpc) is 2.84. The highest BCUT2D eigenvalue weighted by molar-refractivity contribution is 5.77. The van der Waals surface area contributed by atoms with Crippen LogP contribution in [0.5, 0.6) is 11.5 Å². The zero-order valence-electron chi connectivity index (χ0n) is 19.0. The molecular formula is C24H29N5O4. The Balaban J connectivity index is 1.24. The highest BCUT2D eigenvalue weighted by atomic mass is 16.5. The number of fused-ring (bicyclic) bond motifs is 1. The smallest absolute Gasteiger partial charge is 0.317 e. The van der Waals surface area contributed by atoms with Gasteiger partial charge in [0.25, 0.3) is 5.56 Å². The SMILES string of the molecule is COc1ccc(CCNC(=O)N2CCN(Cc3nc4ccccc4c(=O)[nH]3)CC2)cc1OC. The maximum absolute atomic E-state index is 12.6. The first-order chi connectivity index (χ1) is 16.1. The number of amides is 2. The van der Waals surface area contributed by atoms with Crippen molar-refractivity contribution >= 4 is 16.9 Å². The molecule has 0 radical (unpaired) electrons. The zero-order chi connectivity index (χ0) is 23.2. The number of rotatable bonds is 7. The summed E-state index contributed by atoms with van der Waals surface area (Å²) in [6.07, 6.45) is 0.701. The van der Waals surface area contributed by atoms with E-state index >= 15 is 0 Å². The van der Waals surface area contributed by atoms with Crippen molar-refractivity contribution in [2.24, 2.45) is 0 Å². The topological polar surface area (TPSA) is 99.8 Å². The van der Waals surface area contributed by atoms with Gasteiger partial charge >= 0.3 is 6.03 Å². The summed E-state index contributed by atoms with van der Waals surface area (Å²) in [4.78, 5) is 36.3. The molecule has 2 heterocycles. The van der Waals surface area contributed by atoms with Crippen molar-refractivity contribution in [1.29, 1.82) is 0 Å². The van der Waals surface area contributed by atoms with Crippen LogP contribution < -0.4 is 20.3 Å². The van der Waals surface area contributed by atoms with Gasteiger partial charge in [0, 0.05) is 32.7 Å². The Kier molecular flexibility index (Phi) is 7.09. The number of H-pyrrole nitrogens is 1. The monoisotopic (exact) mass is 451 g/mol.